The van der Waals surface area contributed by atoms with Gasteiger partial charge in [-0.1, -0.05) is 0 Å². The van der Waals surface area contributed by atoms with Gasteiger partial charge in [-0.3, -0.25) is 4.79 Å². The van der Waals surface area contributed by atoms with E-state index in [1.807, 2.05) is 0 Å². The first kappa shape index (κ1) is 39.0. The third-order valence-electron chi connectivity index (χ3n) is 9.48. The molecule has 10 N–H and O–H groups in total. The van der Waals surface area contributed by atoms with Crippen molar-refractivity contribution >= 4 is 11.0 Å². The summed E-state index contributed by atoms with van der Waals surface area (Å²) in [4.78, 5) is 14.2. The normalized spacial score (nSPS) is 37.8. The van der Waals surface area contributed by atoms with Crippen LogP contribution < -0.4 is 14.9 Å². The smallest absolute Gasteiger partial charge is 0.239 e. The molecule has 6 rings (SSSR count). The van der Waals surface area contributed by atoms with Gasteiger partial charge in [0.25, 0.3) is 0 Å². The van der Waals surface area contributed by atoms with Crippen LogP contribution in [-0.4, -0.2) is 157 Å². The van der Waals surface area contributed by atoms with Crippen LogP contribution in [0.1, 0.15) is 13.8 Å². The number of ether oxygens (including phenoxy) is 7. The molecule has 1 aromatic heterocycles. The monoisotopic (exact) mass is 754 g/mol. The number of phenols is 2. The Bertz CT molecular complexity index is 1780. The van der Waals surface area contributed by atoms with Crippen molar-refractivity contribution in [3.63, 3.8) is 0 Å². The van der Waals surface area contributed by atoms with E-state index in [0.29, 0.717) is 0 Å². The molecule has 3 fully saturated rings. The quantitative estimate of drug-likeness (QED) is 0.110. The van der Waals surface area contributed by atoms with E-state index in [-0.39, 0.29) is 33.8 Å². The Kier molecular flexibility index (Phi) is 11.5. The lowest BCUT2D eigenvalue weighted by atomic mass is 9.97. The Morgan fingerprint density at radius 1 is 0.698 bits per heavy atom. The Labute approximate surface area is 300 Å². The maximum Gasteiger partial charge on any atom is 0.239 e. The highest BCUT2D eigenvalue weighted by Crippen LogP contribution is 2.39. The zero-order chi connectivity index (χ0) is 38.5. The summed E-state index contributed by atoms with van der Waals surface area (Å²) in [6, 6.07) is 7.86. The number of phenolic OH excluding ortho intramolecular Hbond substituents is 2. The second-order valence-corrected chi connectivity index (χ2v) is 13.1. The summed E-state index contributed by atoms with van der Waals surface area (Å²) in [7, 11) is 1.33. The highest BCUT2D eigenvalue weighted by atomic mass is 16.8. The lowest BCUT2D eigenvalue weighted by Crippen LogP contribution is -2.65. The highest BCUT2D eigenvalue weighted by molar-refractivity contribution is 5.88. The number of benzene rings is 2. The first-order valence-corrected chi connectivity index (χ1v) is 16.6. The molecule has 0 unspecified atom stereocenters. The summed E-state index contributed by atoms with van der Waals surface area (Å²) in [6.07, 6.45) is -24.5. The van der Waals surface area contributed by atoms with E-state index in [4.69, 9.17) is 37.6 Å². The molecule has 19 nitrogen and oxygen atoms in total. The molecular weight excluding hydrogens is 712 g/mol. The summed E-state index contributed by atoms with van der Waals surface area (Å²) in [6.45, 7) is 2.15. The van der Waals surface area contributed by atoms with Gasteiger partial charge in [0.05, 0.1) is 25.9 Å². The maximum atomic E-state index is 14.2. The molecule has 3 aliphatic heterocycles. The summed E-state index contributed by atoms with van der Waals surface area (Å²) >= 11 is 0. The van der Waals surface area contributed by atoms with Gasteiger partial charge in [-0.05, 0) is 38.1 Å². The van der Waals surface area contributed by atoms with E-state index < -0.39 is 116 Å². The predicted molar refractivity (Wildman–Crippen MR) is 175 cm³/mol. The van der Waals surface area contributed by atoms with E-state index in [9.17, 15) is 55.9 Å². The van der Waals surface area contributed by atoms with Crippen molar-refractivity contribution in [2.24, 2.45) is 0 Å². The average molecular weight is 755 g/mol. The molecule has 0 radical (unpaired) electrons. The molecule has 0 spiro atoms. The van der Waals surface area contributed by atoms with Crippen molar-refractivity contribution in [1.82, 2.24) is 0 Å². The average Bonchev–Trinajstić information content (AvgIpc) is 3.13. The van der Waals surface area contributed by atoms with Gasteiger partial charge in [0.2, 0.25) is 17.5 Å². The topological polar surface area (TPSA) is 297 Å². The van der Waals surface area contributed by atoms with Crippen molar-refractivity contribution in [3.05, 3.63) is 46.6 Å². The fourth-order valence-corrected chi connectivity index (χ4v) is 6.31. The SMILES string of the molecule is COc1cc(O)c2c(=O)c(O[C@H]3O[C@@H](CO[C@@H]4O[C@@H](C)[C@H](O)[C@@H](O)[C@H]4O)[C@H](O)[C@@H](O)[C@@H]3O[C@@H]3O[C@H](C)[C@H](O)[C@@H](O)[C@H]3O)c(-c3ccc(O)cc3)oc2c1. The molecule has 15 atom stereocenters. The molecule has 2 aromatic carbocycles. The van der Waals surface area contributed by atoms with Gasteiger partial charge in [-0.2, -0.15) is 0 Å². The van der Waals surface area contributed by atoms with Gasteiger partial charge >= 0.3 is 0 Å². The van der Waals surface area contributed by atoms with Crippen molar-refractivity contribution in [2.75, 3.05) is 13.7 Å². The molecule has 0 amide bonds. The van der Waals surface area contributed by atoms with Crippen LogP contribution in [0, 0.1) is 0 Å². The van der Waals surface area contributed by atoms with Gasteiger partial charge in [0, 0.05) is 17.7 Å². The van der Waals surface area contributed by atoms with Gasteiger partial charge < -0.3 is 88.6 Å². The molecule has 3 aromatic rings. The number of aromatic hydroxyl groups is 2. The molecule has 0 saturated carbocycles. The minimum atomic E-state index is -1.98. The van der Waals surface area contributed by atoms with E-state index in [1.54, 1.807) is 0 Å². The van der Waals surface area contributed by atoms with Crippen molar-refractivity contribution < 1.29 is 88.6 Å². The van der Waals surface area contributed by atoms with Gasteiger partial charge in [-0.15, -0.1) is 0 Å². The van der Waals surface area contributed by atoms with Crippen LogP contribution in [0.2, 0.25) is 0 Å². The second-order valence-electron chi connectivity index (χ2n) is 13.1. The van der Waals surface area contributed by atoms with Gasteiger partial charge in [0.1, 0.15) is 83.2 Å². The van der Waals surface area contributed by atoms with Gasteiger partial charge in [0.15, 0.2) is 24.4 Å². The summed E-state index contributed by atoms with van der Waals surface area (Å²) in [5.41, 5.74) is -0.899. The van der Waals surface area contributed by atoms with Crippen LogP contribution >= 0.6 is 0 Å². The first-order valence-electron chi connectivity index (χ1n) is 16.6. The molecule has 3 saturated heterocycles. The van der Waals surface area contributed by atoms with E-state index in [1.165, 1.54) is 51.3 Å². The summed E-state index contributed by atoms with van der Waals surface area (Å²) in [5.74, 6) is -1.41. The van der Waals surface area contributed by atoms with Crippen LogP contribution in [-0.2, 0) is 23.7 Å². The molecule has 292 valence electrons. The van der Waals surface area contributed by atoms with Crippen molar-refractivity contribution in [1.29, 1.82) is 0 Å². The minimum Gasteiger partial charge on any atom is -0.508 e. The fraction of sp³-hybridized carbons (Fsp3) is 0.559. The Balaban J connectivity index is 1.39. The second kappa shape index (κ2) is 15.6. The Hall–Kier alpha value is -3.67. The Morgan fingerprint density at radius 3 is 1.92 bits per heavy atom. The van der Waals surface area contributed by atoms with Crippen molar-refractivity contribution in [3.8, 4) is 34.3 Å². The molecule has 4 heterocycles. The number of rotatable bonds is 9. The lowest BCUT2D eigenvalue weighted by Gasteiger charge is -2.46. The number of aliphatic hydroxyl groups is 8. The summed E-state index contributed by atoms with van der Waals surface area (Å²) in [5, 5.41) is 105. The highest BCUT2D eigenvalue weighted by Gasteiger charge is 2.52. The minimum absolute atomic E-state index is 0.126. The van der Waals surface area contributed by atoms with E-state index in [0.717, 1.165) is 6.07 Å². The number of methoxy groups -OCH3 is 1. The van der Waals surface area contributed by atoms with Gasteiger partial charge in [-0.25, -0.2) is 0 Å². The molecule has 3 aliphatic rings. The number of hydrogen-bond acceptors (Lipinski definition) is 19. The molecule has 0 aliphatic carbocycles. The van der Waals surface area contributed by atoms with E-state index >= 15 is 0 Å². The number of hydrogen-bond donors (Lipinski definition) is 10. The number of aliphatic hydroxyl groups excluding tert-OH is 8. The maximum absolute atomic E-state index is 14.2. The molecular formula is C34H42O19. The zero-order valence-electron chi connectivity index (χ0n) is 28.5. The zero-order valence-corrected chi connectivity index (χ0v) is 28.5. The standard InChI is InChI=1S/C34H42O19/c1-11-20(37)24(41)27(44)32(48-11)47-10-18-22(39)26(43)31(53-33-28(45)25(42)21(38)12(2)49-33)34(51-18)52-30-23(40)19-16(36)8-15(46-3)9-17(19)50-29(30)13-4-6-14(35)7-5-13/h4-9,11-12,18,20-22,24-28,31-39,41-45H,10H2,1-3H3/t11-,12+,18-,20-,21-,22-,24+,25+,26+,27+,28+,31-,32+,33-,34+/m0/s1. The largest absolute Gasteiger partial charge is 0.508 e. The van der Waals surface area contributed by atoms with Crippen molar-refractivity contribution in [2.45, 2.75) is 106 Å². The van der Waals surface area contributed by atoms with E-state index in [2.05, 4.69) is 0 Å². The number of fused-ring (bicyclic) bond motifs is 1. The Morgan fingerprint density at radius 2 is 1.30 bits per heavy atom. The first-order chi connectivity index (χ1) is 25.1. The van der Waals surface area contributed by atoms with Crippen LogP contribution in [0.4, 0.5) is 0 Å². The summed E-state index contributed by atoms with van der Waals surface area (Å²) < 4.78 is 45.8. The lowest BCUT2D eigenvalue weighted by molar-refractivity contribution is -0.360. The van der Waals surface area contributed by atoms with Crippen LogP contribution in [0.25, 0.3) is 22.3 Å². The third-order valence-corrected chi connectivity index (χ3v) is 9.48. The van der Waals surface area contributed by atoms with Crippen LogP contribution in [0.15, 0.2) is 45.6 Å². The molecule has 19 heteroatoms. The van der Waals surface area contributed by atoms with Crippen LogP contribution in [0.5, 0.6) is 23.0 Å². The van der Waals surface area contributed by atoms with Crippen LogP contribution in [0.3, 0.4) is 0 Å². The molecule has 53 heavy (non-hydrogen) atoms. The third kappa shape index (κ3) is 7.54. The fourth-order valence-electron chi connectivity index (χ4n) is 6.31. The predicted octanol–water partition coefficient (Wildman–Crippen LogP) is -2.24. The molecule has 0 bridgehead atoms.